The highest BCUT2D eigenvalue weighted by Crippen LogP contribution is 2.40. The number of hydrogen-bond acceptors (Lipinski definition) is 5. The summed E-state index contributed by atoms with van der Waals surface area (Å²) in [7, 11) is 0. The van der Waals surface area contributed by atoms with Crippen molar-refractivity contribution in [2.75, 3.05) is 13.1 Å². The van der Waals surface area contributed by atoms with E-state index < -0.39 is 0 Å². The van der Waals surface area contributed by atoms with Crippen LogP contribution in [0.2, 0.25) is 0 Å². The predicted molar refractivity (Wildman–Crippen MR) is 104 cm³/mol. The second kappa shape index (κ2) is 7.18. The van der Waals surface area contributed by atoms with E-state index in [9.17, 15) is 9.59 Å². The summed E-state index contributed by atoms with van der Waals surface area (Å²) in [5.41, 5.74) is 1.09. The van der Waals surface area contributed by atoms with Gasteiger partial charge in [0, 0.05) is 43.1 Å². The zero-order valence-corrected chi connectivity index (χ0v) is 16.9. The Labute approximate surface area is 164 Å². The lowest BCUT2D eigenvalue weighted by Gasteiger charge is -2.31. The lowest BCUT2D eigenvalue weighted by molar-refractivity contribution is 0.0671. The summed E-state index contributed by atoms with van der Waals surface area (Å²) in [4.78, 5) is 31.4. The van der Waals surface area contributed by atoms with Gasteiger partial charge in [-0.3, -0.25) is 14.2 Å². The van der Waals surface area contributed by atoms with E-state index >= 15 is 0 Å². The van der Waals surface area contributed by atoms with E-state index in [-0.39, 0.29) is 16.9 Å². The maximum absolute atomic E-state index is 12.6. The smallest absolute Gasteiger partial charge is 0.276 e. The van der Waals surface area contributed by atoms with Crippen LogP contribution in [-0.2, 0) is 12.0 Å². The average molecular weight is 384 g/mol. The molecule has 0 spiro atoms. The molecule has 0 aromatic carbocycles. The highest BCUT2D eigenvalue weighted by Gasteiger charge is 2.31. The van der Waals surface area contributed by atoms with Gasteiger partial charge in [0.2, 0.25) is 0 Å². The zero-order valence-electron chi connectivity index (χ0n) is 16.9. The molecule has 1 aliphatic heterocycles. The van der Waals surface area contributed by atoms with Crippen LogP contribution in [0, 0.1) is 5.92 Å². The second-order valence-electron chi connectivity index (χ2n) is 9.14. The molecule has 28 heavy (non-hydrogen) atoms. The molecule has 2 fully saturated rings. The largest absolute Gasteiger partial charge is 0.360 e. The third-order valence-electron chi connectivity index (χ3n) is 5.73. The normalized spacial score (nSPS) is 18.5. The quantitative estimate of drug-likeness (QED) is 0.809. The number of amides is 1. The highest BCUT2D eigenvalue weighted by atomic mass is 16.5. The molecule has 150 valence electrons. The number of hydrogen-bond donors (Lipinski definition) is 0. The summed E-state index contributed by atoms with van der Waals surface area (Å²) in [5.74, 6) is 1.60. The maximum atomic E-state index is 12.6. The van der Waals surface area contributed by atoms with E-state index in [1.54, 1.807) is 23.0 Å². The molecular weight excluding hydrogens is 356 g/mol. The fourth-order valence-electron chi connectivity index (χ4n) is 3.68. The minimum atomic E-state index is -0.134. The summed E-state index contributed by atoms with van der Waals surface area (Å²) in [6.07, 6.45) is 5.65. The second-order valence-corrected chi connectivity index (χ2v) is 9.14. The van der Waals surface area contributed by atoms with E-state index in [2.05, 4.69) is 10.1 Å². The first kappa shape index (κ1) is 18.9. The molecule has 0 unspecified atom stereocenters. The summed E-state index contributed by atoms with van der Waals surface area (Å²) >= 11 is 0. The molecule has 2 aliphatic rings. The molecule has 3 heterocycles. The van der Waals surface area contributed by atoms with Crippen molar-refractivity contribution in [1.29, 1.82) is 0 Å². The van der Waals surface area contributed by atoms with Gasteiger partial charge in [0.15, 0.2) is 5.69 Å². The Morgan fingerprint density at radius 2 is 1.89 bits per heavy atom. The molecule has 1 aliphatic carbocycles. The van der Waals surface area contributed by atoms with Crippen molar-refractivity contribution in [3.05, 3.63) is 46.0 Å². The molecule has 1 saturated heterocycles. The summed E-state index contributed by atoms with van der Waals surface area (Å²) in [5, 5.41) is 3.96. The van der Waals surface area contributed by atoms with Gasteiger partial charge in [-0.1, -0.05) is 25.9 Å². The van der Waals surface area contributed by atoms with Crippen LogP contribution < -0.4 is 5.56 Å². The van der Waals surface area contributed by atoms with Gasteiger partial charge in [-0.15, -0.1) is 0 Å². The number of aromatic nitrogens is 3. The van der Waals surface area contributed by atoms with Gasteiger partial charge in [0.05, 0.1) is 12.0 Å². The van der Waals surface area contributed by atoms with Crippen molar-refractivity contribution in [2.45, 2.75) is 64.3 Å². The van der Waals surface area contributed by atoms with E-state index in [1.807, 2.05) is 25.7 Å². The molecular formula is C21H28N4O3. The van der Waals surface area contributed by atoms with Crippen LogP contribution >= 0.6 is 0 Å². The molecule has 2 aromatic heterocycles. The van der Waals surface area contributed by atoms with Crippen molar-refractivity contribution in [1.82, 2.24) is 19.6 Å². The SMILES string of the molecule is CC(C)(C)c1cc(=O)n(CC2CCN(C(=O)c3cc(C4CC4)on3)CC2)cn1. The average Bonchev–Trinajstić information content (AvgIpc) is 3.39. The molecule has 0 bridgehead atoms. The van der Waals surface area contributed by atoms with Gasteiger partial charge in [0.25, 0.3) is 11.5 Å². The predicted octanol–water partition coefficient (Wildman–Crippen LogP) is 2.96. The fraction of sp³-hybridized carbons (Fsp3) is 0.619. The van der Waals surface area contributed by atoms with Gasteiger partial charge < -0.3 is 9.42 Å². The minimum Gasteiger partial charge on any atom is -0.360 e. The van der Waals surface area contributed by atoms with Crippen LogP contribution in [0.5, 0.6) is 0 Å². The Balaban J connectivity index is 1.34. The summed E-state index contributed by atoms with van der Waals surface area (Å²) < 4.78 is 7.00. The summed E-state index contributed by atoms with van der Waals surface area (Å²) in [6, 6.07) is 3.44. The standard InChI is InChI=1S/C21H28N4O3/c1-21(2,3)18-11-19(26)25(13-22-18)12-14-6-8-24(9-7-14)20(27)16-10-17(28-23-16)15-4-5-15/h10-11,13-15H,4-9,12H2,1-3H3. The Morgan fingerprint density at radius 1 is 1.18 bits per heavy atom. The number of piperidine rings is 1. The van der Waals surface area contributed by atoms with Gasteiger partial charge in [-0.25, -0.2) is 4.98 Å². The van der Waals surface area contributed by atoms with Crippen LogP contribution in [0.1, 0.15) is 74.3 Å². The van der Waals surface area contributed by atoms with E-state index in [0.717, 1.165) is 37.1 Å². The van der Waals surface area contributed by atoms with Crippen molar-refractivity contribution in [3.8, 4) is 0 Å². The number of likely N-dealkylation sites (tertiary alicyclic amines) is 1. The maximum Gasteiger partial charge on any atom is 0.276 e. The molecule has 0 atom stereocenters. The Kier molecular flexibility index (Phi) is 4.85. The van der Waals surface area contributed by atoms with E-state index in [0.29, 0.717) is 37.2 Å². The first-order valence-electron chi connectivity index (χ1n) is 10.1. The topological polar surface area (TPSA) is 81.2 Å². The van der Waals surface area contributed by atoms with Gasteiger partial charge in [0.1, 0.15) is 5.76 Å². The van der Waals surface area contributed by atoms with Crippen molar-refractivity contribution < 1.29 is 9.32 Å². The third-order valence-corrected chi connectivity index (χ3v) is 5.73. The van der Waals surface area contributed by atoms with Crippen LogP contribution in [0.3, 0.4) is 0 Å². The Bertz CT molecular complexity index is 912. The van der Waals surface area contributed by atoms with Crippen LogP contribution in [0.25, 0.3) is 0 Å². The monoisotopic (exact) mass is 384 g/mol. The molecule has 1 amide bonds. The number of rotatable bonds is 4. The lowest BCUT2D eigenvalue weighted by Crippen LogP contribution is -2.40. The molecule has 7 heteroatoms. The van der Waals surface area contributed by atoms with Gasteiger partial charge in [-0.05, 0) is 31.6 Å². The van der Waals surface area contributed by atoms with Crippen molar-refractivity contribution >= 4 is 5.91 Å². The van der Waals surface area contributed by atoms with Crippen molar-refractivity contribution in [3.63, 3.8) is 0 Å². The third kappa shape index (κ3) is 4.03. The van der Waals surface area contributed by atoms with E-state index in [1.165, 1.54) is 0 Å². The first-order valence-corrected chi connectivity index (χ1v) is 10.1. The minimum absolute atomic E-state index is 0.00589. The molecule has 0 N–H and O–H groups in total. The van der Waals surface area contributed by atoms with Crippen LogP contribution in [-0.4, -0.2) is 38.6 Å². The highest BCUT2D eigenvalue weighted by molar-refractivity contribution is 5.92. The van der Waals surface area contributed by atoms with Crippen molar-refractivity contribution in [2.24, 2.45) is 5.92 Å². The summed E-state index contributed by atoms with van der Waals surface area (Å²) in [6.45, 7) is 8.15. The number of nitrogens with zero attached hydrogens (tertiary/aromatic N) is 4. The number of carbonyl (C=O) groups is 1. The number of carbonyl (C=O) groups excluding carboxylic acids is 1. The van der Waals surface area contributed by atoms with Crippen LogP contribution in [0.15, 0.2) is 27.8 Å². The van der Waals surface area contributed by atoms with Crippen LogP contribution in [0.4, 0.5) is 0 Å². The molecule has 4 rings (SSSR count). The Hall–Kier alpha value is -2.44. The first-order chi connectivity index (χ1) is 13.3. The Morgan fingerprint density at radius 3 is 2.50 bits per heavy atom. The zero-order chi connectivity index (χ0) is 19.9. The molecule has 0 radical (unpaired) electrons. The van der Waals surface area contributed by atoms with Gasteiger partial charge >= 0.3 is 0 Å². The van der Waals surface area contributed by atoms with Gasteiger partial charge in [-0.2, -0.15) is 0 Å². The molecule has 1 saturated carbocycles. The molecule has 2 aromatic rings. The molecule has 7 nitrogen and oxygen atoms in total. The lowest BCUT2D eigenvalue weighted by atomic mass is 9.92. The van der Waals surface area contributed by atoms with E-state index in [4.69, 9.17) is 4.52 Å². The fourth-order valence-corrected chi connectivity index (χ4v) is 3.68.